The van der Waals surface area contributed by atoms with Gasteiger partial charge in [-0.25, -0.2) is 4.98 Å². The molecule has 0 aliphatic heterocycles. The molecule has 4 rings (SSSR count). The van der Waals surface area contributed by atoms with Crippen molar-refractivity contribution >= 4 is 34.5 Å². The number of nitrogens with two attached hydrogens (primary N) is 1. The number of hydrogen-bond acceptors (Lipinski definition) is 9. The van der Waals surface area contributed by atoms with Crippen molar-refractivity contribution in [1.29, 1.82) is 0 Å². The van der Waals surface area contributed by atoms with Crippen LogP contribution in [0.5, 0.6) is 0 Å². The number of aliphatic hydroxyl groups is 2. The van der Waals surface area contributed by atoms with Crippen LogP contribution in [0.4, 0.5) is 5.82 Å². The predicted octanol–water partition coefficient (Wildman–Crippen LogP) is -0.534. The summed E-state index contributed by atoms with van der Waals surface area (Å²) in [7, 11) is 3.12. The van der Waals surface area contributed by atoms with Crippen molar-refractivity contribution in [2.75, 3.05) is 46.3 Å². The van der Waals surface area contributed by atoms with Gasteiger partial charge >= 0.3 is 0 Å². The molecule has 2 aliphatic rings. The fourth-order valence-corrected chi connectivity index (χ4v) is 4.84. The molecule has 2 aromatic heterocycles. The molecular formula is C18H25ClN6O5. The number of anilines is 1. The van der Waals surface area contributed by atoms with E-state index in [1.807, 2.05) is 0 Å². The van der Waals surface area contributed by atoms with Crippen LogP contribution in [0.2, 0.25) is 5.28 Å². The standard InChI is InChI=1S/C18H25ClN6O5/c1-29-5-3-24(4-6-30-2)16(28)18-7-9(18)11(12(26)13(18)27)25-8-21-10-14(20)22-17(19)23-15(10)25/h8-9,11-13,26-27H,3-7H2,1-2H3,(H2,20,22,23)/t9-,11-,12+,13+,18+/m1/s1. The first-order valence-electron chi connectivity index (χ1n) is 9.65. The number of rotatable bonds is 8. The molecular weight excluding hydrogens is 416 g/mol. The minimum atomic E-state index is -1.22. The molecule has 2 saturated carbocycles. The number of nitrogens with zero attached hydrogens (tertiary/aromatic N) is 5. The third kappa shape index (κ3) is 3.12. The molecule has 5 atom stereocenters. The van der Waals surface area contributed by atoms with Gasteiger partial charge in [-0.05, 0) is 18.0 Å². The van der Waals surface area contributed by atoms with Gasteiger partial charge in [0.15, 0.2) is 11.5 Å². The van der Waals surface area contributed by atoms with Gasteiger partial charge in [-0.15, -0.1) is 0 Å². The molecule has 0 saturated heterocycles. The number of amides is 1. The van der Waals surface area contributed by atoms with E-state index in [1.54, 1.807) is 23.7 Å². The highest BCUT2D eigenvalue weighted by Crippen LogP contribution is 2.68. The lowest BCUT2D eigenvalue weighted by atomic mass is 9.97. The van der Waals surface area contributed by atoms with Gasteiger partial charge in [-0.2, -0.15) is 9.97 Å². The first-order valence-corrected chi connectivity index (χ1v) is 10.0. The Morgan fingerprint density at radius 1 is 1.33 bits per heavy atom. The highest BCUT2D eigenvalue weighted by Gasteiger charge is 2.76. The van der Waals surface area contributed by atoms with E-state index >= 15 is 0 Å². The second kappa shape index (κ2) is 7.89. The number of carbonyl (C=O) groups is 1. The van der Waals surface area contributed by atoms with Crippen molar-refractivity contribution in [2.45, 2.75) is 24.7 Å². The van der Waals surface area contributed by atoms with Crippen molar-refractivity contribution in [3.63, 3.8) is 0 Å². The van der Waals surface area contributed by atoms with Crippen LogP contribution < -0.4 is 5.73 Å². The number of nitrogen functional groups attached to an aromatic ring is 1. The Kier molecular flexibility index (Phi) is 5.58. The van der Waals surface area contributed by atoms with Crippen LogP contribution in [0, 0.1) is 11.3 Å². The predicted molar refractivity (Wildman–Crippen MR) is 107 cm³/mol. The number of methoxy groups -OCH3 is 2. The molecule has 2 aliphatic carbocycles. The third-order valence-corrected chi connectivity index (χ3v) is 6.40. The zero-order chi connectivity index (χ0) is 21.6. The van der Waals surface area contributed by atoms with E-state index < -0.39 is 23.7 Å². The first kappa shape index (κ1) is 21.2. The molecule has 0 spiro atoms. The van der Waals surface area contributed by atoms with Crippen molar-refractivity contribution in [3.8, 4) is 0 Å². The summed E-state index contributed by atoms with van der Waals surface area (Å²) in [6.45, 7) is 1.46. The fraction of sp³-hybridized carbons (Fsp3) is 0.667. The van der Waals surface area contributed by atoms with E-state index in [9.17, 15) is 15.0 Å². The summed E-state index contributed by atoms with van der Waals surface area (Å²) in [5, 5.41) is 21.7. The highest BCUT2D eigenvalue weighted by atomic mass is 35.5. The van der Waals surface area contributed by atoms with Crippen molar-refractivity contribution in [2.24, 2.45) is 11.3 Å². The molecule has 1 amide bonds. The Bertz CT molecular complexity index is 949. The van der Waals surface area contributed by atoms with Crippen LogP contribution in [-0.2, 0) is 14.3 Å². The summed E-state index contributed by atoms with van der Waals surface area (Å²) in [5.74, 6) is -0.373. The molecule has 11 nitrogen and oxygen atoms in total. The maximum atomic E-state index is 13.4. The smallest absolute Gasteiger partial charge is 0.232 e. The SMILES string of the molecule is COCCN(CCOC)C(=O)[C@@]12C[C@@H]1[C@@H](n1cnc3c(N)nc(Cl)nc31)[C@H](O)[C@@H]2O. The summed E-state index contributed by atoms with van der Waals surface area (Å²) in [4.78, 5) is 27.3. The number of aromatic nitrogens is 4. The summed E-state index contributed by atoms with van der Waals surface area (Å²) < 4.78 is 11.9. The normalized spacial score (nSPS) is 29.9. The third-order valence-electron chi connectivity index (χ3n) is 6.23. The summed E-state index contributed by atoms with van der Waals surface area (Å²) in [6.07, 6.45) is -0.468. The van der Waals surface area contributed by atoms with Gasteiger partial charge < -0.3 is 34.9 Å². The van der Waals surface area contributed by atoms with E-state index in [1.165, 1.54) is 6.33 Å². The van der Waals surface area contributed by atoms with Gasteiger partial charge in [-0.1, -0.05) is 0 Å². The number of aliphatic hydroxyl groups excluding tert-OH is 2. The van der Waals surface area contributed by atoms with Gasteiger partial charge in [0, 0.05) is 33.2 Å². The van der Waals surface area contributed by atoms with Gasteiger partial charge in [0.2, 0.25) is 11.2 Å². The number of ether oxygens (including phenoxy) is 2. The van der Waals surface area contributed by atoms with E-state index in [4.69, 9.17) is 26.8 Å². The zero-order valence-electron chi connectivity index (χ0n) is 16.7. The average Bonchev–Trinajstić information content (AvgIpc) is 3.25. The minimum absolute atomic E-state index is 0.0433. The van der Waals surface area contributed by atoms with Crippen LogP contribution in [0.25, 0.3) is 11.2 Å². The van der Waals surface area contributed by atoms with E-state index in [0.29, 0.717) is 43.9 Å². The van der Waals surface area contributed by atoms with Crippen LogP contribution >= 0.6 is 11.6 Å². The Morgan fingerprint density at radius 2 is 2.00 bits per heavy atom. The van der Waals surface area contributed by atoms with Crippen molar-refractivity contribution < 1.29 is 24.5 Å². The van der Waals surface area contributed by atoms with Gasteiger partial charge in [-0.3, -0.25) is 4.79 Å². The quantitative estimate of drug-likeness (QED) is 0.460. The fourth-order valence-electron chi connectivity index (χ4n) is 4.67. The van der Waals surface area contributed by atoms with Crippen LogP contribution in [0.3, 0.4) is 0 Å². The number of hydrogen-bond donors (Lipinski definition) is 3. The average molecular weight is 441 g/mol. The van der Waals surface area contributed by atoms with Gasteiger partial charge in [0.1, 0.15) is 11.6 Å². The molecule has 164 valence electrons. The van der Waals surface area contributed by atoms with Crippen molar-refractivity contribution in [1.82, 2.24) is 24.4 Å². The Morgan fingerprint density at radius 3 is 2.63 bits per heavy atom. The molecule has 0 aromatic carbocycles. The first-order chi connectivity index (χ1) is 14.4. The molecule has 30 heavy (non-hydrogen) atoms. The number of fused-ring (bicyclic) bond motifs is 2. The zero-order valence-corrected chi connectivity index (χ0v) is 17.5. The second-order valence-corrected chi connectivity index (χ2v) is 8.09. The molecule has 0 bridgehead atoms. The van der Waals surface area contributed by atoms with E-state index in [2.05, 4.69) is 15.0 Å². The lowest BCUT2D eigenvalue weighted by molar-refractivity contribution is -0.144. The number of halogens is 1. The van der Waals surface area contributed by atoms with Gasteiger partial charge in [0.25, 0.3) is 0 Å². The Hall–Kier alpha value is -2.05. The molecule has 0 radical (unpaired) electrons. The lowest BCUT2D eigenvalue weighted by Crippen LogP contribution is -2.47. The summed E-state index contributed by atoms with van der Waals surface area (Å²) in [5.41, 5.74) is 5.52. The summed E-state index contributed by atoms with van der Waals surface area (Å²) >= 11 is 5.95. The molecule has 4 N–H and O–H groups in total. The van der Waals surface area contributed by atoms with Gasteiger partial charge in [0.05, 0.1) is 37.1 Å². The topological polar surface area (TPSA) is 149 Å². The molecule has 2 fully saturated rings. The molecule has 2 aromatic rings. The maximum absolute atomic E-state index is 13.4. The monoisotopic (exact) mass is 440 g/mol. The second-order valence-electron chi connectivity index (χ2n) is 7.76. The number of imidazole rings is 1. The molecule has 2 heterocycles. The molecule has 12 heteroatoms. The van der Waals surface area contributed by atoms with Crippen LogP contribution in [0.15, 0.2) is 6.33 Å². The Balaban J connectivity index is 1.65. The summed E-state index contributed by atoms with van der Waals surface area (Å²) in [6, 6.07) is -0.592. The van der Waals surface area contributed by atoms with Crippen molar-refractivity contribution in [3.05, 3.63) is 11.6 Å². The lowest BCUT2D eigenvalue weighted by Gasteiger charge is -2.29. The van der Waals surface area contributed by atoms with E-state index in [0.717, 1.165) is 0 Å². The van der Waals surface area contributed by atoms with E-state index in [-0.39, 0.29) is 22.9 Å². The number of carbonyl (C=O) groups excluding carboxylic acids is 1. The van der Waals surface area contributed by atoms with Crippen LogP contribution in [0.1, 0.15) is 12.5 Å². The minimum Gasteiger partial charge on any atom is -0.389 e. The Labute approximate surface area is 177 Å². The largest absolute Gasteiger partial charge is 0.389 e. The van der Waals surface area contributed by atoms with Crippen LogP contribution in [-0.4, -0.2) is 93.3 Å². The highest BCUT2D eigenvalue weighted by molar-refractivity contribution is 6.28. The maximum Gasteiger partial charge on any atom is 0.232 e. The molecule has 0 unspecified atom stereocenters.